The minimum absolute atomic E-state index is 0.0137. The van der Waals surface area contributed by atoms with Crippen molar-refractivity contribution in [3.05, 3.63) is 24.3 Å². The molecule has 2 fully saturated rings. The van der Waals surface area contributed by atoms with Crippen molar-refractivity contribution in [1.29, 1.82) is 0 Å². The number of rotatable bonds is 6. The fraction of sp³-hybridized carbons (Fsp3) is 0.625. The molecule has 6 heteroatoms. The number of benzene rings is 1. The van der Waals surface area contributed by atoms with Gasteiger partial charge in [-0.15, -0.1) is 0 Å². The topological polar surface area (TPSA) is 67.4 Å². The second-order valence-electron chi connectivity index (χ2n) is 8.85. The molecule has 2 aliphatic rings. The molecule has 162 valence electrons. The fourth-order valence-corrected chi connectivity index (χ4v) is 4.69. The summed E-state index contributed by atoms with van der Waals surface area (Å²) in [4.78, 5) is 24.9. The van der Waals surface area contributed by atoms with Gasteiger partial charge in [-0.25, -0.2) is 9.97 Å². The predicted octanol–water partition coefficient (Wildman–Crippen LogP) is 4.33. The third-order valence-corrected chi connectivity index (χ3v) is 6.50. The maximum atomic E-state index is 13.1. The Morgan fingerprint density at radius 1 is 1.13 bits per heavy atom. The van der Waals surface area contributed by atoms with Gasteiger partial charge in [0.25, 0.3) is 5.88 Å². The number of anilines is 1. The highest BCUT2D eigenvalue weighted by Crippen LogP contribution is 2.31. The lowest BCUT2D eigenvalue weighted by molar-refractivity contribution is -0.126. The quantitative estimate of drug-likeness (QED) is 0.768. The third kappa shape index (κ3) is 4.68. The second-order valence-corrected chi connectivity index (χ2v) is 8.85. The minimum atomic E-state index is -0.0137. The highest BCUT2D eigenvalue weighted by molar-refractivity contribution is 5.81. The number of ether oxygens (including phenoxy) is 1. The molecule has 1 aromatic heterocycles. The van der Waals surface area contributed by atoms with Gasteiger partial charge in [0.05, 0.1) is 23.6 Å². The third-order valence-electron chi connectivity index (χ3n) is 6.50. The standard InChI is InChI=1S/C24H34N4O2/c1-3-15-30-24-22(25-20-12-6-7-13-21(20)27-24)28-14-8-10-18(16-28)23(29)26-19-11-5-4-9-17(19)2/h6-7,12-13,17-19H,3-5,8-11,14-16H2,1-2H3,(H,26,29). The van der Waals surface area contributed by atoms with Gasteiger partial charge in [0.15, 0.2) is 5.82 Å². The van der Waals surface area contributed by atoms with Crippen LogP contribution in [0.25, 0.3) is 11.0 Å². The van der Waals surface area contributed by atoms with E-state index in [2.05, 4.69) is 24.1 Å². The van der Waals surface area contributed by atoms with E-state index < -0.39 is 0 Å². The number of piperidine rings is 1. The van der Waals surface area contributed by atoms with Gasteiger partial charge >= 0.3 is 0 Å². The molecular weight excluding hydrogens is 376 g/mol. The summed E-state index contributed by atoms with van der Waals surface area (Å²) in [6, 6.07) is 8.21. The van der Waals surface area contributed by atoms with Gasteiger partial charge in [0, 0.05) is 19.1 Å². The Morgan fingerprint density at radius 3 is 2.67 bits per heavy atom. The lowest BCUT2D eigenvalue weighted by atomic mass is 9.85. The van der Waals surface area contributed by atoms with Crippen LogP contribution in [0.15, 0.2) is 24.3 Å². The lowest BCUT2D eigenvalue weighted by Gasteiger charge is -2.35. The van der Waals surface area contributed by atoms with Crippen LogP contribution < -0.4 is 15.0 Å². The first-order chi connectivity index (χ1) is 14.7. The summed E-state index contributed by atoms with van der Waals surface area (Å²) in [6.45, 7) is 6.50. The molecule has 6 nitrogen and oxygen atoms in total. The van der Waals surface area contributed by atoms with Gasteiger partial charge in [-0.05, 0) is 50.2 Å². The number of nitrogens with zero attached hydrogens (tertiary/aromatic N) is 3. The van der Waals surface area contributed by atoms with Gasteiger partial charge < -0.3 is 15.0 Å². The van der Waals surface area contributed by atoms with Gasteiger partial charge in [-0.1, -0.05) is 38.8 Å². The molecule has 1 aliphatic heterocycles. The summed E-state index contributed by atoms with van der Waals surface area (Å²) in [5.41, 5.74) is 1.70. The smallest absolute Gasteiger partial charge is 0.258 e. The van der Waals surface area contributed by atoms with Crippen molar-refractivity contribution < 1.29 is 9.53 Å². The summed E-state index contributed by atoms with van der Waals surface area (Å²) >= 11 is 0. The number of aromatic nitrogens is 2. The summed E-state index contributed by atoms with van der Waals surface area (Å²) in [5.74, 6) is 2.11. The molecule has 1 amide bonds. The molecule has 3 unspecified atom stereocenters. The van der Waals surface area contributed by atoms with Crippen LogP contribution in [0.2, 0.25) is 0 Å². The van der Waals surface area contributed by atoms with Crippen LogP contribution in [0.3, 0.4) is 0 Å². The van der Waals surface area contributed by atoms with Gasteiger partial charge in [-0.3, -0.25) is 4.79 Å². The number of fused-ring (bicyclic) bond motifs is 1. The van der Waals surface area contributed by atoms with Crippen LogP contribution in [0, 0.1) is 11.8 Å². The number of para-hydroxylation sites is 2. The summed E-state index contributed by atoms with van der Waals surface area (Å²) in [5, 5.41) is 3.36. The molecule has 3 atom stereocenters. The molecule has 30 heavy (non-hydrogen) atoms. The van der Waals surface area contributed by atoms with Crippen molar-refractivity contribution in [3.8, 4) is 5.88 Å². The summed E-state index contributed by atoms with van der Waals surface area (Å²) < 4.78 is 5.96. The Labute approximate surface area is 179 Å². The van der Waals surface area contributed by atoms with Crippen molar-refractivity contribution in [2.45, 2.75) is 64.8 Å². The monoisotopic (exact) mass is 410 g/mol. The zero-order valence-electron chi connectivity index (χ0n) is 18.3. The van der Waals surface area contributed by atoms with Crippen molar-refractivity contribution in [3.63, 3.8) is 0 Å². The average molecular weight is 411 g/mol. The zero-order valence-corrected chi connectivity index (χ0v) is 18.3. The van der Waals surface area contributed by atoms with Crippen LogP contribution in [0.1, 0.15) is 58.8 Å². The van der Waals surface area contributed by atoms with E-state index in [0.29, 0.717) is 31.0 Å². The van der Waals surface area contributed by atoms with Crippen LogP contribution in [-0.4, -0.2) is 41.6 Å². The van der Waals surface area contributed by atoms with Crippen molar-refractivity contribution >= 4 is 22.8 Å². The molecule has 0 radical (unpaired) electrons. The molecule has 2 aromatic rings. The number of hydrogen-bond acceptors (Lipinski definition) is 5. The summed E-state index contributed by atoms with van der Waals surface area (Å²) in [6.07, 6.45) is 7.64. The molecule has 1 aromatic carbocycles. The number of carbonyl (C=O) groups excluding carboxylic acids is 1. The predicted molar refractivity (Wildman–Crippen MR) is 120 cm³/mol. The van der Waals surface area contributed by atoms with Gasteiger partial charge in [0.2, 0.25) is 5.91 Å². The lowest BCUT2D eigenvalue weighted by Crippen LogP contribution is -2.48. The average Bonchev–Trinajstić information content (AvgIpc) is 2.78. The Morgan fingerprint density at radius 2 is 1.90 bits per heavy atom. The van der Waals surface area contributed by atoms with E-state index in [-0.39, 0.29) is 11.8 Å². The Balaban J connectivity index is 1.52. The molecule has 1 saturated carbocycles. The highest BCUT2D eigenvalue weighted by Gasteiger charge is 2.31. The number of nitrogens with one attached hydrogen (secondary N) is 1. The largest absolute Gasteiger partial charge is 0.475 e. The Bertz CT molecular complexity index is 871. The Kier molecular flexibility index (Phi) is 6.70. The minimum Gasteiger partial charge on any atom is -0.475 e. The molecular formula is C24H34N4O2. The molecule has 0 bridgehead atoms. The number of hydrogen-bond donors (Lipinski definition) is 1. The molecule has 1 saturated heterocycles. The highest BCUT2D eigenvalue weighted by atomic mass is 16.5. The maximum Gasteiger partial charge on any atom is 0.258 e. The van der Waals surface area contributed by atoms with Gasteiger partial charge in [-0.2, -0.15) is 0 Å². The van der Waals surface area contributed by atoms with E-state index in [1.54, 1.807) is 0 Å². The Hall–Kier alpha value is -2.37. The molecule has 1 aliphatic carbocycles. The van der Waals surface area contributed by atoms with Crippen molar-refractivity contribution in [1.82, 2.24) is 15.3 Å². The van der Waals surface area contributed by atoms with Crippen LogP contribution in [-0.2, 0) is 4.79 Å². The van der Waals surface area contributed by atoms with E-state index >= 15 is 0 Å². The summed E-state index contributed by atoms with van der Waals surface area (Å²) in [7, 11) is 0. The van der Waals surface area contributed by atoms with E-state index in [1.165, 1.54) is 19.3 Å². The van der Waals surface area contributed by atoms with Crippen molar-refractivity contribution in [2.75, 3.05) is 24.6 Å². The van der Waals surface area contributed by atoms with Crippen molar-refractivity contribution in [2.24, 2.45) is 11.8 Å². The first-order valence-electron chi connectivity index (χ1n) is 11.6. The maximum absolute atomic E-state index is 13.1. The van der Waals surface area contributed by atoms with Gasteiger partial charge in [0.1, 0.15) is 0 Å². The first kappa shape index (κ1) is 20.9. The molecule has 4 rings (SSSR count). The van der Waals surface area contributed by atoms with E-state index in [9.17, 15) is 4.79 Å². The first-order valence-corrected chi connectivity index (χ1v) is 11.6. The SMILES string of the molecule is CCCOc1nc2ccccc2nc1N1CCCC(C(=O)NC2CCCCC2C)C1. The van der Waals surface area contributed by atoms with Crippen LogP contribution >= 0.6 is 0 Å². The van der Waals surface area contributed by atoms with E-state index in [0.717, 1.165) is 49.1 Å². The van der Waals surface area contributed by atoms with E-state index in [4.69, 9.17) is 14.7 Å². The molecule has 2 heterocycles. The molecule has 0 spiro atoms. The fourth-order valence-electron chi connectivity index (χ4n) is 4.69. The number of amides is 1. The van der Waals surface area contributed by atoms with Crippen LogP contribution in [0.4, 0.5) is 5.82 Å². The van der Waals surface area contributed by atoms with E-state index in [1.807, 2.05) is 24.3 Å². The normalized spacial score (nSPS) is 24.6. The number of carbonyl (C=O) groups is 1. The molecule has 1 N–H and O–H groups in total. The second kappa shape index (κ2) is 9.63. The van der Waals surface area contributed by atoms with Crippen LogP contribution in [0.5, 0.6) is 5.88 Å². The zero-order chi connectivity index (χ0) is 20.9.